The van der Waals surface area contributed by atoms with Gasteiger partial charge in [0.25, 0.3) is 0 Å². The van der Waals surface area contributed by atoms with Crippen LogP contribution in [0.25, 0.3) is 0 Å². The lowest BCUT2D eigenvalue weighted by Gasteiger charge is -2.28. The third-order valence-corrected chi connectivity index (χ3v) is 2.97. The van der Waals surface area contributed by atoms with Gasteiger partial charge in [0.1, 0.15) is 0 Å². The fraction of sp³-hybridized carbons (Fsp3) is 0.692. The third kappa shape index (κ3) is 3.99. The number of allylic oxidation sites excluding steroid dienone is 4. The summed E-state index contributed by atoms with van der Waals surface area (Å²) in [6, 6.07) is 0. The summed E-state index contributed by atoms with van der Waals surface area (Å²) in [6.07, 6.45) is 7.64. The van der Waals surface area contributed by atoms with Crippen molar-refractivity contribution in [1.29, 1.82) is 0 Å². The van der Waals surface area contributed by atoms with Crippen molar-refractivity contribution < 1.29 is 0 Å². The molecule has 0 aromatic rings. The van der Waals surface area contributed by atoms with Gasteiger partial charge in [0.05, 0.1) is 0 Å². The first kappa shape index (κ1) is 13.3. The summed E-state index contributed by atoms with van der Waals surface area (Å²) in [5.74, 6) is 0. The van der Waals surface area contributed by atoms with Crippen LogP contribution in [0.5, 0.6) is 0 Å². The van der Waals surface area contributed by atoms with Crippen molar-refractivity contribution in [2.75, 3.05) is 0 Å². The van der Waals surface area contributed by atoms with E-state index in [1.807, 2.05) is 6.92 Å². The first-order valence-corrected chi connectivity index (χ1v) is 5.52. The SMILES string of the molecule is C/C=C\CC/C(=C(/C)N)C(C)(C)CC. The average molecular weight is 195 g/mol. The van der Waals surface area contributed by atoms with Gasteiger partial charge >= 0.3 is 0 Å². The van der Waals surface area contributed by atoms with Gasteiger partial charge in [0, 0.05) is 5.70 Å². The molecule has 0 amide bonds. The lowest BCUT2D eigenvalue weighted by molar-refractivity contribution is 0.409. The number of nitrogens with two attached hydrogens (primary N) is 1. The van der Waals surface area contributed by atoms with Crippen LogP contribution >= 0.6 is 0 Å². The molecule has 1 nitrogen and oxygen atoms in total. The zero-order valence-electron chi connectivity index (χ0n) is 10.4. The fourth-order valence-electron chi connectivity index (χ4n) is 1.68. The molecule has 0 radical (unpaired) electrons. The quantitative estimate of drug-likeness (QED) is 0.659. The van der Waals surface area contributed by atoms with Crippen molar-refractivity contribution in [3.05, 3.63) is 23.4 Å². The molecule has 0 unspecified atom stereocenters. The molecule has 14 heavy (non-hydrogen) atoms. The van der Waals surface area contributed by atoms with Crippen LogP contribution in [0.4, 0.5) is 0 Å². The van der Waals surface area contributed by atoms with E-state index in [9.17, 15) is 0 Å². The predicted molar refractivity (Wildman–Crippen MR) is 65.0 cm³/mol. The first-order chi connectivity index (χ1) is 6.45. The zero-order chi connectivity index (χ0) is 11.2. The summed E-state index contributed by atoms with van der Waals surface area (Å²) in [5, 5.41) is 0. The second kappa shape index (κ2) is 5.90. The highest BCUT2D eigenvalue weighted by atomic mass is 14.6. The van der Waals surface area contributed by atoms with E-state index in [-0.39, 0.29) is 5.41 Å². The van der Waals surface area contributed by atoms with Crippen LogP contribution in [0.1, 0.15) is 53.9 Å². The molecule has 0 heterocycles. The minimum Gasteiger partial charge on any atom is -0.402 e. The molecular weight excluding hydrogens is 170 g/mol. The van der Waals surface area contributed by atoms with Crippen LogP contribution < -0.4 is 5.73 Å². The lowest BCUT2D eigenvalue weighted by atomic mass is 9.78. The van der Waals surface area contributed by atoms with Crippen molar-refractivity contribution in [3.63, 3.8) is 0 Å². The Balaban J connectivity index is 4.56. The molecule has 82 valence electrons. The topological polar surface area (TPSA) is 26.0 Å². The monoisotopic (exact) mass is 195 g/mol. The van der Waals surface area contributed by atoms with Gasteiger partial charge in [-0.25, -0.2) is 0 Å². The fourth-order valence-corrected chi connectivity index (χ4v) is 1.68. The maximum Gasteiger partial charge on any atom is 0.00463 e. The summed E-state index contributed by atoms with van der Waals surface area (Å²) in [7, 11) is 0. The predicted octanol–water partition coefficient (Wildman–Crippen LogP) is 4.01. The van der Waals surface area contributed by atoms with Crippen molar-refractivity contribution in [2.24, 2.45) is 11.1 Å². The Bertz CT molecular complexity index is 217. The highest BCUT2D eigenvalue weighted by Gasteiger charge is 2.21. The van der Waals surface area contributed by atoms with Gasteiger partial charge < -0.3 is 5.73 Å². The maximum absolute atomic E-state index is 5.94. The smallest absolute Gasteiger partial charge is 0.00463 e. The lowest BCUT2D eigenvalue weighted by Crippen LogP contribution is -2.17. The van der Waals surface area contributed by atoms with Gasteiger partial charge in [-0.3, -0.25) is 0 Å². The minimum atomic E-state index is 0.250. The highest BCUT2D eigenvalue weighted by molar-refractivity contribution is 5.17. The van der Waals surface area contributed by atoms with E-state index in [0.717, 1.165) is 25.0 Å². The summed E-state index contributed by atoms with van der Waals surface area (Å²) in [4.78, 5) is 0. The van der Waals surface area contributed by atoms with Crippen LogP contribution in [0.2, 0.25) is 0 Å². The highest BCUT2D eigenvalue weighted by Crippen LogP contribution is 2.34. The summed E-state index contributed by atoms with van der Waals surface area (Å²) in [5.41, 5.74) is 8.60. The van der Waals surface area contributed by atoms with Crippen molar-refractivity contribution in [3.8, 4) is 0 Å². The Hall–Kier alpha value is -0.720. The molecule has 0 spiro atoms. The largest absolute Gasteiger partial charge is 0.402 e. The summed E-state index contributed by atoms with van der Waals surface area (Å²) >= 11 is 0. The second-order valence-corrected chi connectivity index (χ2v) is 4.51. The van der Waals surface area contributed by atoms with Crippen LogP contribution in [-0.2, 0) is 0 Å². The van der Waals surface area contributed by atoms with E-state index < -0.39 is 0 Å². The molecule has 0 rings (SSSR count). The van der Waals surface area contributed by atoms with Crippen molar-refractivity contribution in [2.45, 2.75) is 53.9 Å². The third-order valence-electron chi connectivity index (χ3n) is 2.97. The van der Waals surface area contributed by atoms with Crippen molar-refractivity contribution >= 4 is 0 Å². The Morgan fingerprint density at radius 3 is 2.29 bits per heavy atom. The molecule has 0 fully saturated rings. The number of hydrogen-bond donors (Lipinski definition) is 1. The summed E-state index contributed by atoms with van der Waals surface area (Å²) < 4.78 is 0. The standard InChI is InChI=1S/C13H25N/c1-6-8-9-10-12(11(3)14)13(4,5)7-2/h6,8H,7,9-10,14H2,1-5H3/b8-6-,12-11+. The molecule has 2 N–H and O–H groups in total. The van der Waals surface area contributed by atoms with Crippen LogP contribution in [0.3, 0.4) is 0 Å². The molecule has 0 saturated carbocycles. The molecule has 0 aliphatic rings. The zero-order valence-corrected chi connectivity index (χ0v) is 10.4. The first-order valence-electron chi connectivity index (χ1n) is 5.52. The molecule has 0 aromatic carbocycles. The van der Waals surface area contributed by atoms with Gasteiger partial charge in [0.2, 0.25) is 0 Å². The molecule has 0 bridgehead atoms. The van der Waals surface area contributed by atoms with E-state index in [0.29, 0.717) is 0 Å². The molecule has 0 saturated heterocycles. The van der Waals surface area contributed by atoms with E-state index in [2.05, 4.69) is 39.8 Å². The van der Waals surface area contributed by atoms with Gasteiger partial charge in [-0.05, 0) is 44.1 Å². The van der Waals surface area contributed by atoms with Gasteiger partial charge in [-0.15, -0.1) is 0 Å². The van der Waals surface area contributed by atoms with Gasteiger partial charge in [-0.2, -0.15) is 0 Å². The number of hydrogen-bond acceptors (Lipinski definition) is 1. The van der Waals surface area contributed by atoms with E-state index in [1.54, 1.807) is 0 Å². The molecular formula is C13H25N. The maximum atomic E-state index is 5.94. The van der Waals surface area contributed by atoms with Crippen molar-refractivity contribution in [1.82, 2.24) is 0 Å². The Morgan fingerprint density at radius 1 is 1.36 bits per heavy atom. The molecule has 1 heteroatoms. The van der Waals surface area contributed by atoms with Crippen LogP contribution in [-0.4, -0.2) is 0 Å². The van der Waals surface area contributed by atoms with E-state index in [1.165, 1.54) is 5.57 Å². The molecule has 0 aliphatic carbocycles. The van der Waals surface area contributed by atoms with Gasteiger partial charge in [0.15, 0.2) is 0 Å². The van der Waals surface area contributed by atoms with Crippen LogP contribution in [0, 0.1) is 5.41 Å². The Morgan fingerprint density at radius 2 is 1.93 bits per heavy atom. The van der Waals surface area contributed by atoms with Crippen LogP contribution in [0.15, 0.2) is 23.4 Å². The van der Waals surface area contributed by atoms with E-state index in [4.69, 9.17) is 5.73 Å². The second-order valence-electron chi connectivity index (χ2n) is 4.51. The summed E-state index contributed by atoms with van der Waals surface area (Å²) in [6.45, 7) is 10.8. The van der Waals surface area contributed by atoms with E-state index >= 15 is 0 Å². The molecule has 0 aromatic heterocycles. The number of rotatable bonds is 5. The Kier molecular flexibility index (Phi) is 5.59. The molecule has 0 aliphatic heterocycles. The average Bonchev–Trinajstić information content (AvgIpc) is 2.11. The minimum absolute atomic E-state index is 0.250. The molecule has 0 atom stereocenters. The van der Waals surface area contributed by atoms with Gasteiger partial charge in [-0.1, -0.05) is 32.9 Å². The Labute approximate surface area is 89.1 Å². The normalized spacial score (nSPS) is 14.6.